The number of hydrogen-bond acceptors (Lipinski definition) is 14. The van der Waals surface area contributed by atoms with Crippen LogP contribution in [0.2, 0.25) is 0 Å². The van der Waals surface area contributed by atoms with Gasteiger partial charge in [-0.05, 0) is 123 Å². The summed E-state index contributed by atoms with van der Waals surface area (Å²) >= 11 is 0. The molecule has 0 aromatic heterocycles. The topological polar surface area (TPSA) is 156 Å². The number of ether oxygens (including phenoxy) is 11. The van der Waals surface area contributed by atoms with Gasteiger partial charge in [0.05, 0.1) is 109 Å². The Labute approximate surface area is 458 Å². The number of carbonyl (C=O) groups is 2. The summed E-state index contributed by atoms with van der Waals surface area (Å²) < 4.78 is 75.0. The zero-order valence-corrected chi connectivity index (χ0v) is 45.8. The second-order valence-electron chi connectivity index (χ2n) is 25.4. The maximum atomic E-state index is 13.7. The van der Waals surface area contributed by atoms with Crippen molar-refractivity contribution < 1.29 is 66.8 Å². The lowest BCUT2D eigenvalue weighted by Gasteiger charge is -2.55. The van der Waals surface area contributed by atoms with Crippen LogP contribution in [0.5, 0.6) is 0 Å². The van der Waals surface area contributed by atoms with Crippen LogP contribution in [0, 0.1) is 11.8 Å². The first-order chi connectivity index (χ1) is 37.7. The molecule has 14 heteroatoms. The van der Waals surface area contributed by atoms with Crippen molar-refractivity contribution in [2.45, 2.75) is 245 Å². The van der Waals surface area contributed by atoms with Gasteiger partial charge in [-0.25, -0.2) is 4.79 Å². The lowest BCUT2D eigenvalue weighted by atomic mass is 9.78. The second kappa shape index (κ2) is 21.7. The van der Waals surface area contributed by atoms with Crippen molar-refractivity contribution in [2.24, 2.45) is 11.8 Å². The number of carbonyl (C=O) groups excluding carboxylic acids is 2. The molecule has 10 aliphatic heterocycles. The van der Waals surface area contributed by atoms with Gasteiger partial charge in [0.15, 0.2) is 0 Å². The zero-order valence-electron chi connectivity index (χ0n) is 45.8. The van der Waals surface area contributed by atoms with Crippen molar-refractivity contribution in [1.29, 1.82) is 0 Å². The van der Waals surface area contributed by atoms with Crippen molar-refractivity contribution >= 4 is 33.5 Å². The molecule has 8 saturated heterocycles. The van der Waals surface area contributed by atoms with Gasteiger partial charge in [-0.2, -0.15) is 0 Å². The van der Waals surface area contributed by atoms with Crippen LogP contribution < -0.4 is 0 Å². The molecule has 0 aliphatic carbocycles. The molecule has 1 N–H and O–H groups in total. The zero-order chi connectivity index (χ0) is 53.5. The number of hydrogen-bond donors (Lipinski definition) is 1. The lowest BCUT2D eigenvalue weighted by molar-refractivity contribution is -0.316. The van der Waals surface area contributed by atoms with Gasteiger partial charge in [-0.1, -0.05) is 93.3 Å². The summed E-state index contributed by atoms with van der Waals surface area (Å²) in [6.07, 6.45) is 14.4. The molecule has 22 atom stereocenters. The van der Waals surface area contributed by atoms with E-state index in [-0.39, 0.29) is 123 Å². The molecule has 420 valence electrons. The highest BCUT2D eigenvalue weighted by atomic mass is 16.6. The molecule has 3 aromatic rings. The van der Waals surface area contributed by atoms with Crippen LogP contribution in [0.15, 0.2) is 91.1 Å². The van der Waals surface area contributed by atoms with Gasteiger partial charge in [0.2, 0.25) is 0 Å². The fraction of sp³-hybridized carbons (Fsp3) is 0.656. The van der Waals surface area contributed by atoms with Gasteiger partial charge in [-0.3, -0.25) is 4.79 Å². The maximum Gasteiger partial charge on any atom is 0.339 e. The van der Waals surface area contributed by atoms with Crippen LogP contribution in [0.4, 0.5) is 0 Å². The molecular formula is C64H80O14. The van der Waals surface area contributed by atoms with E-state index in [1.165, 1.54) is 0 Å². The highest BCUT2D eigenvalue weighted by Gasteiger charge is 2.57. The summed E-state index contributed by atoms with van der Waals surface area (Å²) in [5.74, 6) is -0.0819. The van der Waals surface area contributed by atoms with Crippen molar-refractivity contribution in [1.82, 2.24) is 0 Å². The average Bonchev–Trinajstić information content (AvgIpc) is 3.89. The van der Waals surface area contributed by atoms with Crippen LogP contribution in [0.3, 0.4) is 0 Å². The second-order valence-corrected chi connectivity index (χ2v) is 25.4. The van der Waals surface area contributed by atoms with Crippen LogP contribution in [-0.4, -0.2) is 145 Å². The first-order valence-corrected chi connectivity index (χ1v) is 29.6. The highest BCUT2D eigenvalue weighted by Crippen LogP contribution is 2.49. The maximum absolute atomic E-state index is 13.7. The Bertz CT molecular complexity index is 2720. The molecule has 14 nitrogen and oxygen atoms in total. The third kappa shape index (κ3) is 10.5. The van der Waals surface area contributed by atoms with E-state index < -0.39 is 29.4 Å². The van der Waals surface area contributed by atoms with Crippen LogP contribution in [0.1, 0.15) is 134 Å². The summed E-state index contributed by atoms with van der Waals surface area (Å²) in [6.45, 7) is 13.2. The van der Waals surface area contributed by atoms with Crippen molar-refractivity contribution in [2.75, 3.05) is 6.61 Å². The Morgan fingerprint density at radius 2 is 1.35 bits per heavy atom. The Morgan fingerprint density at radius 1 is 0.654 bits per heavy atom. The summed E-state index contributed by atoms with van der Waals surface area (Å²) in [4.78, 5) is 26.2. The van der Waals surface area contributed by atoms with E-state index in [2.05, 4.69) is 64.6 Å². The first-order valence-electron chi connectivity index (χ1n) is 29.6. The highest BCUT2D eigenvalue weighted by molar-refractivity contribution is 6.16. The standard InChI is InChI=1S/C64H80O14/c1-35-25-49-52(31-58(66)74-49)73-57-30-51-53(78-63(57,4)32-35)26-37(3)60-48(71-51)19-11-10-18-44-45(75-60)20-12-22-47-46(70-44)21-13-23-56-64(5,77-47)33-55-50(72-56)29-54-61(76-55)43(65)28-40(69-54)24-36(2)34-68-62(67)59-41-16-8-6-14-38(41)27-39-15-7-9-17-42(39)59/h6-12,14-17,22,27,35,37,40,43-57,60-61,65H,2,13,18-21,23-26,28-34H2,1,3-5H3/t35-,37+,40-,43+,44?,45+,46?,47-,48?,49+,50?,51?,52?,53+,54?,55-,56?,57?,60-,61+,63-,64+/m1/s1. The van der Waals surface area contributed by atoms with E-state index >= 15 is 0 Å². The molecule has 0 saturated carbocycles. The molecule has 10 heterocycles. The number of esters is 2. The number of aliphatic hydroxyl groups is 1. The Morgan fingerprint density at radius 3 is 2.15 bits per heavy atom. The Balaban J connectivity index is 0.635. The predicted octanol–water partition coefficient (Wildman–Crippen LogP) is 9.92. The van der Waals surface area contributed by atoms with Gasteiger partial charge < -0.3 is 57.2 Å². The molecule has 10 aliphatic rings. The van der Waals surface area contributed by atoms with Crippen molar-refractivity contribution in [3.8, 4) is 0 Å². The van der Waals surface area contributed by atoms with E-state index in [1.807, 2.05) is 48.5 Å². The van der Waals surface area contributed by atoms with Gasteiger partial charge >= 0.3 is 11.9 Å². The largest absolute Gasteiger partial charge is 0.459 e. The molecule has 0 spiro atoms. The molecule has 9 unspecified atom stereocenters. The minimum atomic E-state index is -0.745. The van der Waals surface area contributed by atoms with E-state index in [1.54, 1.807) is 0 Å². The van der Waals surface area contributed by atoms with E-state index in [0.29, 0.717) is 50.0 Å². The number of fused-ring (bicyclic) bond motifs is 11. The Hall–Kier alpha value is -4.06. The van der Waals surface area contributed by atoms with Crippen LogP contribution >= 0.6 is 0 Å². The van der Waals surface area contributed by atoms with Crippen molar-refractivity contribution in [3.63, 3.8) is 0 Å². The van der Waals surface area contributed by atoms with Gasteiger partial charge in [-0.15, -0.1) is 0 Å². The summed E-state index contributed by atoms with van der Waals surface area (Å²) in [7, 11) is 0. The first kappa shape index (κ1) is 53.3. The molecule has 0 amide bonds. The predicted molar refractivity (Wildman–Crippen MR) is 290 cm³/mol. The van der Waals surface area contributed by atoms with E-state index in [9.17, 15) is 14.7 Å². The molecular weight excluding hydrogens is 993 g/mol. The molecule has 0 radical (unpaired) electrons. The molecule has 8 fully saturated rings. The molecule has 78 heavy (non-hydrogen) atoms. The van der Waals surface area contributed by atoms with E-state index in [4.69, 9.17) is 52.1 Å². The fourth-order valence-corrected chi connectivity index (χ4v) is 15.7. The lowest BCUT2D eigenvalue weighted by Crippen LogP contribution is -2.65. The monoisotopic (exact) mass is 1070 g/mol. The summed E-state index contributed by atoms with van der Waals surface area (Å²) in [5, 5.41) is 15.3. The molecule has 3 aromatic carbocycles. The minimum Gasteiger partial charge on any atom is -0.459 e. The van der Waals surface area contributed by atoms with E-state index in [0.717, 1.165) is 78.5 Å². The van der Waals surface area contributed by atoms with Gasteiger partial charge in [0.1, 0.15) is 31.0 Å². The molecule has 0 bridgehead atoms. The quantitative estimate of drug-likeness (QED) is 0.146. The van der Waals surface area contributed by atoms with Crippen LogP contribution in [-0.2, 0) is 56.9 Å². The number of rotatable bonds is 5. The van der Waals surface area contributed by atoms with Gasteiger partial charge in [0, 0.05) is 25.7 Å². The average molecular weight is 1070 g/mol. The van der Waals surface area contributed by atoms with Crippen LogP contribution in [0.25, 0.3) is 21.5 Å². The number of aliphatic hydroxyl groups excluding tert-OH is 1. The fourth-order valence-electron chi connectivity index (χ4n) is 15.7. The minimum absolute atomic E-state index is 0.0486. The van der Waals surface area contributed by atoms with Crippen molar-refractivity contribution in [3.05, 3.63) is 96.6 Å². The molecule has 13 rings (SSSR count). The normalized spacial score (nSPS) is 44.4. The summed E-state index contributed by atoms with van der Waals surface area (Å²) in [6, 6.07) is 17.9. The Kier molecular flexibility index (Phi) is 14.8. The SMILES string of the molecule is C=C(COC(=O)c1c2ccccc2cc2ccccc12)C[C@@H]1C[C@H](O)[C@@H]2O[C@@H]3C[C@]4(C)O[C@@H]5C=CC[C@@H]6O[C@H]7C(CC=CCC6OC5CCCC4OC3CC2O1)OC1CC2OC3CC(=O)O[C@H]3C[C@@H](C)C[C@@]2(C)O[C@H]1C[C@@H]7C. The van der Waals surface area contributed by atoms with Gasteiger partial charge in [0.25, 0.3) is 0 Å². The summed E-state index contributed by atoms with van der Waals surface area (Å²) in [5.41, 5.74) is 0.117. The smallest absolute Gasteiger partial charge is 0.339 e. The third-order valence-electron chi connectivity index (χ3n) is 19.4. The third-order valence-corrected chi connectivity index (χ3v) is 19.4. The number of benzene rings is 3.